The van der Waals surface area contributed by atoms with Crippen molar-refractivity contribution in [3.05, 3.63) is 84.0 Å². The predicted molar refractivity (Wildman–Crippen MR) is 132 cm³/mol. The van der Waals surface area contributed by atoms with Crippen LogP contribution >= 0.6 is 11.6 Å². The highest BCUT2D eigenvalue weighted by Gasteiger charge is 2.33. The molecule has 3 N–H and O–H groups in total. The first-order valence-corrected chi connectivity index (χ1v) is 10.9. The van der Waals surface area contributed by atoms with Crippen molar-refractivity contribution in [3.63, 3.8) is 0 Å². The van der Waals surface area contributed by atoms with Gasteiger partial charge in [0.05, 0.1) is 28.2 Å². The SMILES string of the molecule is C=CC(=O)Nc1ccc(F)c(Nc2nc(Nc3cnn(C)c3)ncc2-c2ccc(C(F)(F)F)c(Cl)c2)c1. The molecule has 0 aliphatic carbocycles. The number of rotatable bonds is 7. The van der Waals surface area contributed by atoms with Crippen LogP contribution < -0.4 is 16.0 Å². The normalized spacial score (nSPS) is 11.2. The third-order valence-corrected chi connectivity index (χ3v) is 5.32. The number of nitrogens with zero attached hydrogens (tertiary/aromatic N) is 4. The van der Waals surface area contributed by atoms with Gasteiger partial charge in [0.2, 0.25) is 11.9 Å². The van der Waals surface area contributed by atoms with E-state index in [-0.39, 0.29) is 34.3 Å². The topological polar surface area (TPSA) is 96.8 Å². The lowest BCUT2D eigenvalue weighted by Crippen LogP contribution is -2.08. The third-order valence-electron chi connectivity index (χ3n) is 5.01. The fourth-order valence-electron chi connectivity index (χ4n) is 3.30. The Hall–Kier alpha value is -4.45. The van der Waals surface area contributed by atoms with Crippen LogP contribution in [-0.2, 0) is 18.0 Å². The first-order chi connectivity index (χ1) is 17.5. The molecule has 37 heavy (non-hydrogen) atoms. The van der Waals surface area contributed by atoms with E-state index in [0.29, 0.717) is 5.69 Å². The van der Waals surface area contributed by atoms with Crippen molar-refractivity contribution in [2.24, 2.45) is 7.05 Å². The molecule has 0 aliphatic rings. The first-order valence-electron chi connectivity index (χ1n) is 10.5. The fraction of sp³-hybridized carbons (Fsp3) is 0.0833. The third kappa shape index (κ3) is 6.04. The van der Waals surface area contributed by atoms with Gasteiger partial charge in [0.1, 0.15) is 11.6 Å². The monoisotopic (exact) mass is 531 g/mol. The molecule has 4 rings (SSSR count). The number of nitrogens with one attached hydrogen (secondary N) is 3. The largest absolute Gasteiger partial charge is 0.417 e. The molecule has 0 radical (unpaired) electrons. The number of aromatic nitrogens is 4. The molecule has 190 valence electrons. The average Bonchev–Trinajstić information content (AvgIpc) is 3.24. The Balaban J connectivity index is 1.77. The first kappa shape index (κ1) is 25.6. The van der Waals surface area contributed by atoms with E-state index in [2.05, 4.69) is 37.6 Å². The number of halogens is 5. The summed E-state index contributed by atoms with van der Waals surface area (Å²) in [5.41, 5.74) is 0.277. The molecule has 0 aliphatic heterocycles. The van der Waals surface area contributed by atoms with E-state index in [1.165, 1.54) is 30.6 Å². The maximum Gasteiger partial charge on any atom is 0.417 e. The van der Waals surface area contributed by atoms with Crippen molar-refractivity contribution in [3.8, 4) is 11.1 Å². The van der Waals surface area contributed by atoms with Gasteiger partial charge in [-0.05, 0) is 42.0 Å². The van der Waals surface area contributed by atoms with E-state index >= 15 is 0 Å². The molecule has 2 aromatic heterocycles. The minimum atomic E-state index is -4.63. The summed E-state index contributed by atoms with van der Waals surface area (Å²) in [6, 6.07) is 6.99. The maximum absolute atomic E-state index is 14.7. The van der Waals surface area contributed by atoms with Gasteiger partial charge in [0.15, 0.2) is 0 Å². The molecule has 0 spiro atoms. The number of amides is 1. The van der Waals surface area contributed by atoms with Crippen molar-refractivity contribution >= 4 is 46.3 Å². The van der Waals surface area contributed by atoms with Crippen LogP contribution in [0, 0.1) is 5.82 Å². The van der Waals surface area contributed by atoms with Crippen molar-refractivity contribution in [1.82, 2.24) is 19.7 Å². The summed E-state index contributed by atoms with van der Waals surface area (Å²) in [5, 5.41) is 11.8. The summed E-state index contributed by atoms with van der Waals surface area (Å²) in [7, 11) is 1.72. The Kier molecular flexibility index (Phi) is 7.11. The molecular weight excluding hydrogens is 514 g/mol. The lowest BCUT2D eigenvalue weighted by molar-refractivity contribution is -0.137. The molecule has 0 saturated carbocycles. The van der Waals surface area contributed by atoms with E-state index < -0.39 is 28.5 Å². The average molecular weight is 532 g/mol. The fourth-order valence-corrected chi connectivity index (χ4v) is 3.58. The lowest BCUT2D eigenvalue weighted by Gasteiger charge is -2.16. The maximum atomic E-state index is 14.7. The number of carbonyl (C=O) groups excluding carboxylic acids is 1. The van der Waals surface area contributed by atoms with Gasteiger partial charge in [0, 0.05) is 30.7 Å². The smallest absolute Gasteiger partial charge is 0.337 e. The van der Waals surface area contributed by atoms with Gasteiger partial charge < -0.3 is 16.0 Å². The number of alkyl halides is 3. The van der Waals surface area contributed by atoms with Gasteiger partial charge in [-0.25, -0.2) is 9.37 Å². The number of hydrogen-bond acceptors (Lipinski definition) is 6. The minimum absolute atomic E-state index is 0.0586. The molecule has 0 atom stereocenters. The van der Waals surface area contributed by atoms with Crippen LogP contribution in [0.5, 0.6) is 0 Å². The van der Waals surface area contributed by atoms with E-state index in [4.69, 9.17) is 11.6 Å². The van der Waals surface area contributed by atoms with E-state index in [1.807, 2.05) is 0 Å². The van der Waals surface area contributed by atoms with Gasteiger partial charge in [0.25, 0.3) is 0 Å². The molecule has 13 heteroatoms. The minimum Gasteiger partial charge on any atom is -0.337 e. The van der Waals surface area contributed by atoms with Crippen LogP contribution in [-0.4, -0.2) is 25.7 Å². The number of anilines is 5. The van der Waals surface area contributed by atoms with Gasteiger partial charge in [-0.3, -0.25) is 9.48 Å². The zero-order valence-electron chi connectivity index (χ0n) is 19.1. The molecule has 0 bridgehead atoms. The van der Waals surface area contributed by atoms with Gasteiger partial charge >= 0.3 is 6.18 Å². The standard InChI is InChI=1S/C24H18ClF4N7O/c1-3-21(37)32-14-5-7-19(26)20(9-14)34-22-16(13-4-6-17(18(25)8-13)24(27,28)29)11-30-23(35-22)33-15-10-31-36(2)12-15/h3-12H,1H2,2H3,(H,32,37)(H2,30,33,34,35). The number of hydrogen-bond donors (Lipinski definition) is 3. The van der Waals surface area contributed by atoms with Crippen LogP contribution in [0.1, 0.15) is 5.56 Å². The summed E-state index contributed by atoms with van der Waals surface area (Å²) in [6.07, 6.45) is 0.985. The second-order valence-corrected chi connectivity index (χ2v) is 8.10. The van der Waals surface area contributed by atoms with Crippen molar-refractivity contribution in [2.45, 2.75) is 6.18 Å². The highest BCUT2D eigenvalue weighted by atomic mass is 35.5. The van der Waals surface area contributed by atoms with Gasteiger partial charge in [-0.15, -0.1) is 0 Å². The van der Waals surface area contributed by atoms with E-state index in [9.17, 15) is 22.4 Å². The summed E-state index contributed by atoms with van der Waals surface area (Å²) in [6.45, 7) is 3.37. The number of carbonyl (C=O) groups is 1. The molecular formula is C24H18ClF4N7O. The van der Waals surface area contributed by atoms with Crippen LogP contribution in [0.2, 0.25) is 5.02 Å². The number of aryl methyl sites for hydroxylation is 1. The molecule has 0 unspecified atom stereocenters. The Bertz CT molecular complexity index is 1490. The summed E-state index contributed by atoms with van der Waals surface area (Å²) >= 11 is 5.91. The van der Waals surface area contributed by atoms with E-state index in [1.54, 1.807) is 17.9 Å². The number of benzene rings is 2. The summed E-state index contributed by atoms with van der Waals surface area (Å²) in [4.78, 5) is 20.3. The summed E-state index contributed by atoms with van der Waals surface area (Å²) in [5.74, 6) is -1.01. The van der Waals surface area contributed by atoms with Crippen molar-refractivity contribution < 1.29 is 22.4 Å². The molecule has 0 fully saturated rings. The molecule has 1 amide bonds. The molecule has 2 heterocycles. The van der Waals surface area contributed by atoms with Crippen molar-refractivity contribution in [1.29, 1.82) is 0 Å². The quantitative estimate of drug-likeness (QED) is 0.191. The molecule has 2 aromatic carbocycles. The molecule has 4 aromatic rings. The van der Waals surface area contributed by atoms with Crippen LogP contribution in [0.3, 0.4) is 0 Å². The van der Waals surface area contributed by atoms with Gasteiger partial charge in [-0.2, -0.15) is 23.3 Å². The Morgan fingerprint density at radius 3 is 2.54 bits per heavy atom. The lowest BCUT2D eigenvalue weighted by atomic mass is 10.1. The highest BCUT2D eigenvalue weighted by Crippen LogP contribution is 2.38. The van der Waals surface area contributed by atoms with Crippen LogP contribution in [0.4, 0.5) is 46.4 Å². The zero-order chi connectivity index (χ0) is 26.7. The Morgan fingerprint density at radius 1 is 1.11 bits per heavy atom. The second-order valence-electron chi connectivity index (χ2n) is 7.69. The van der Waals surface area contributed by atoms with Crippen LogP contribution in [0.15, 0.2) is 67.6 Å². The summed E-state index contributed by atoms with van der Waals surface area (Å²) < 4.78 is 55.8. The van der Waals surface area contributed by atoms with Gasteiger partial charge in [-0.1, -0.05) is 24.2 Å². The molecule has 0 saturated heterocycles. The predicted octanol–water partition coefficient (Wildman–Crippen LogP) is 6.30. The zero-order valence-corrected chi connectivity index (χ0v) is 19.8. The van der Waals surface area contributed by atoms with Crippen LogP contribution in [0.25, 0.3) is 11.1 Å². The van der Waals surface area contributed by atoms with E-state index in [0.717, 1.165) is 24.3 Å². The second kappa shape index (κ2) is 10.3. The molecule has 8 nitrogen and oxygen atoms in total. The highest BCUT2D eigenvalue weighted by molar-refractivity contribution is 6.31. The Morgan fingerprint density at radius 2 is 1.89 bits per heavy atom. The van der Waals surface area contributed by atoms with Crippen molar-refractivity contribution in [2.75, 3.05) is 16.0 Å². The Labute approximate surface area is 213 Å².